The maximum atomic E-state index is 11.4. The Morgan fingerprint density at radius 3 is 1.67 bits per heavy atom. The monoisotopic (exact) mass is 460 g/mol. The van der Waals surface area contributed by atoms with Gasteiger partial charge in [0.05, 0.1) is 4.90 Å². The standard InChI is InChI=1S/C20H29N2O2S.ClHO4/c1-14(2)19-12-16(5)13-20(15(3)4)22(19)11-10-17-6-8-18(9-7-17)25(21,23)24;2-1(3,4)5/h6-9,12-15H,10-11H2,1-5H3,(H2,21,23,24);(H,2,3,4,5)/q+1;/p-1. The Morgan fingerprint density at radius 2 is 1.33 bits per heavy atom. The summed E-state index contributed by atoms with van der Waals surface area (Å²) in [5.41, 5.74) is 5.07. The highest BCUT2D eigenvalue weighted by Crippen LogP contribution is 2.18. The van der Waals surface area contributed by atoms with Gasteiger partial charge in [-0.25, -0.2) is 32.2 Å². The van der Waals surface area contributed by atoms with Crippen molar-refractivity contribution in [3.63, 3.8) is 0 Å². The lowest BCUT2D eigenvalue weighted by Gasteiger charge is -2.17. The summed E-state index contributed by atoms with van der Waals surface area (Å²) in [6.07, 6.45) is 0.845. The quantitative estimate of drug-likeness (QED) is 0.526. The second-order valence-electron chi connectivity index (χ2n) is 7.66. The Kier molecular flexibility index (Phi) is 9.37. The number of primary sulfonamides is 1. The first-order chi connectivity index (χ1) is 13.6. The van der Waals surface area contributed by atoms with E-state index in [2.05, 4.69) is 51.3 Å². The number of nitrogens with two attached hydrogens (primary N) is 1. The lowest BCUT2D eigenvalue weighted by molar-refractivity contribution is -2.00. The van der Waals surface area contributed by atoms with Crippen LogP contribution in [0.4, 0.5) is 0 Å². The van der Waals surface area contributed by atoms with Gasteiger partial charge in [0.15, 0.2) is 17.9 Å². The minimum Gasteiger partial charge on any atom is -0.225 e. The van der Waals surface area contributed by atoms with Crippen molar-refractivity contribution in [2.24, 2.45) is 5.14 Å². The molecule has 0 bridgehead atoms. The maximum Gasteiger partial charge on any atom is 0.238 e. The van der Waals surface area contributed by atoms with E-state index in [0.29, 0.717) is 11.8 Å². The SMILES string of the molecule is Cc1cc(C(C)C)[n+](CCc2ccc(S(N)(=O)=O)cc2)c(C(C)C)c1.[O-][Cl+3]([O-])([O-])[O-]. The molecule has 0 atom stereocenters. The number of sulfonamides is 1. The Labute approximate surface area is 180 Å². The second kappa shape index (κ2) is 10.6. The normalized spacial score (nSPS) is 12.1. The highest BCUT2D eigenvalue weighted by Gasteiger charge is 2.22. The molecule has 0 spiro atoms. The lowest BCUT2D eigenvalue weighted by Crippen LogP contribution is -2.68. The number of halogens is 1. The molecule has 0 amide bonds. The van der Waals surface area contributed by atoms with Gasteiger partial charge in [-0.3, -0.25) is 0 Å². The number of rotatable bonds is 6. The number of hydrogen-bond donors (Lipinski definition) is 1. The zero-order valence-electron chi connectivity index (χ0n) is 17.8. The van der Waals surface area contributed by atoms with Crippen LogP contribution in [0.3, 0.4) is 0 Å². The Morgan fingerprint density at radius 1 is 0.933 bits per heavy atom. The Balaban J connectivity index is 0.000000804. The molecule has 2 rings (SSSR count). The summed E-state index contributed by atoms with van der Waals surface area (Å²) >= 11 is 0. The van der Waals surface area contributed by atoms with E-state index in [1.54, 1.807) is 12.1 Å². The van der Waals surface area contributed by atoms with Crippen LogP contribution in [0.15, 0.2) is 41.3 Å². The van der Waals surface area contributed by atoms with Crippen LogP contribution in [0.25, 0.3) is 0 Å². The average molecular weight is 461 g/mol. The molecule has 30 heavy (non-hydrogen) atoms. The molecule has 0 aliphatic carbocycles. The summed E-state index contributed by atoms with van der Waals surface area (Å²) < 4.78 is 59.1. The van der Waals surface area contributed by atoms with Crippen molar-refractivity contribution in [1.29, 1.82) is 0 Å². The van der Waals surface area contributed by atoms with E-state index >= 15 is 0 Å². The zero-order valence-corrected chi connectivity index (χ0v) is 19.4. The molecule has 1 aromatic carbocycles. The van der Waals surface area contributed by atoms with Crippen LogP contribution in [-0.2, 0) is 23.0 Å². The Hall–Kier alpha value is -1.59. The van der Waals surface area contributed by atoms with Crippen molar-refractivity contribution in [1.82, 2.24) is 0 Å². The van der Waals surface area contributed by atoms with Gasteiger partial charge in [-0.1, -0.05) is 39.8 Å². The molecule has 10 heteroatoms. The third kappa shape index (κ3) is 9.05. The number of aryl methyl sites for hydroxylation is 2. The van der Waals surface area contributed by atoms with Gasteiger partial charge >= 0.3 is 0 Å². The van der Waals surface area contributed by atoms with Gasteiger partial charge in [0.25, 0.3) is 0 Å². The largest absolute Gasteiger partial charge is 0.238 e. The molecule has 1 heterocycles. The zero-order chi connectivity index (χ0) is 23.3. The summed E-state index contributed by atoms with van der Waals surface area (Å²) in [4.78, 5) is 0.157. The van der Waals surface area contributed by atoms with Crippen molar-refractivity contribution < 1.29 is 41.9 Å². The second-order valence-corrected chi connectivity index (χ2v) is 9.98. The van der Waals surface area contributed by atoms with Gasteiger partial charge in [-0.15, -0.1) is 10.2 Å². The summed E-state index contributed by atoms with van der Waals surface area (Å²) in [6.45, 7) is 11.9. The van der Waals surface area contributed by atoms with Crippen molar-refractivity contribution >= 4 is 10.0 Å². The van der Waals surface area contributed by atoms with Crippen molar-refractivity contribution in [2.45, 2.75) is 64.3 Å². The van der Waals surface area contributed by atoms with E-state index < -0.39 is 20.3 Å². The molecule has 0 unspecified atom stereocenters. The van der Waals surface area contributed by atoms with E-state index in [9.17, 15) is 8.42 Å². The molecule has 0 aliphatic heterocycles. The predicted octanol–water partition coefficient (Wildman–Crippen LogP) is -1.34. The first kappa shape index (κ1) is 26.4. The van der Waals surface area contributed by atoms with Crippen LogP contribution in [0, 0.1) is 17.2 Å². The van der Waals surface area contributed by atoms with Gasteiger partial charge in [-0.05, 0) is 30.2 Å². The van der Waals surface area contributed by atoms with Gasteiger partial charge in [0.1, 0.15) is 0 Å². The maximum absolute atomic E-state index is 11.4. The molecular formula is C20H29ClN2O6S. The van der Waals surface area contributed by atoms with Gasteiger partial charge in [0, 0.05) is 30.4 Å². The van der Waals surface area contributed by atoms with Crippen LogP contribution in [-0.4, -0.2) is 8.42 Å². The van der Waals surface area contributed by atoms with Crippen LogP contribution in [0.5, 0.6) is 0 Å². The highest BCUT2D eigenvalue weighted by molar-refractivity contribution is 7.89. The minimum atomic E-state index is -4.94. The van der Waals surface area contributed by atoms with Gasteiger partial charge in [0.2, 0.25) is 10.0 Å². The molecule has 0 fully saturated rings. The summed E-state index contributed by atoms with van der Waals surface area (Å²) in [5.74, 6) is 0.893. The smallest absolute Gasteiger partial charge is 0.225 e. The fraction of sp³-hybridized carbons (Fsp3) is 0.450. The summed E-state index contributed by atoms with van der Waals surface area (Å²) in [5, 5.41) is 5.16. The lowest BCUT2D eigenvalue weighted by atomic mass is 10.0. The number of benzene rings is 1. The fourth-order valence-electron chi connectivity index (χ4n) is 3.11. The van der Waals surface area contributed by atoms with E-state index in [1.165, 1.54) is 17.0 Å². The molecule has 8 nitrogen and oxygen atoms in total. The third-order valence-electron chi connectivity index (χ3n) is 4.43. The predicted molar refractivity (Wildman–Crippen MR) is 101 cm³/mol. The molecule has 0 radical (unpaired) electrons. The number of pyridine rings is 1. The fourth-order valence-corrected chi connectivity index (χ4v) is 3.63. The molecule has 0 saturated carbocycles. The van der Waals surface area contributed by atoms with Crippen LogP contribution < -0.4 is 28.3 Å². The van der Waals surface area contributed by atoms with Gasteiger partial charge in [-0.2, -0.15) is 4.57 Å². The molecule has 2 aromatic rings. The summed E-state index contributed by atoms with van der Waals surface area (Å²) in [6, 6.07) is 11.4. The highest BCUT2D eigenvalue weighted by atomic mass is 35.7. The van der Waals surface area contributed by atoms with E-state index in [0.717, 1.165) is 18.5 Å². The number of nitrogens with zero attached hydrogens (tertiary/aromatic N) is 1. The van der Waals surface area contributed by atoms with E-state index in [-0.39, 0.29) is 4.90 Å². The van der Waals surface area contributed by atoms with E-state index in [4.69, 9.17) is 23.8 Å². The first-order valence-electron chi connectivity index (χ1n) is 9.37. The van der Waals surface area contributed by atoms with Crippen LogP contribution >= 0.6 is 0 Å². The topological polar surface area (TPSA) is 156 Å². The molecule has 2 N–H and O–H groups in total. The van der Waals surface area contributed by atoms with Gasteiger partial charge < -0.3 is 0 Å². The molecule has 1 aromatic heterocycles. The third-order valence-corrected chi connectivity index (χ3v) is 5.36. The van der Waals surface area contributed by atoms with Crippen molar-refractivity contribution in [3.8, 4) is 0 Å². The van der Waals surface area contributed by atoms with Crippen LogP contribution in [0.1, 0.15) is 62.0 Å². The first-order valence-corrected chi connectivity index (χ1v) is 12.2. The van der Waals surface area contributed by atoms with Crippen LogP contribution in [0.2, 0.25) is 0 Å². The molecule has 168 valence electrons. The minimum absolute atomic E-state index is 0.157. The van der Waals surface area contributed by atoms with E-state index in [1.807, 2.05) is 12.1 Å². The summed E-state index contributed by atoms with van der Waals surface area (Å²) in [7, 11) is -8.58. The van der Waals surface area contributed by atoms with Crippen molar-refractivity contribution in [2.75, 3.05) is 0 Å². The molecule has 0 aliphatic rings. The average Bonchev–Trinajstić information content (AvgIpc) is 2.58. The molecular weight excluding hydrogens is 432 g/mol. The number of hydrogen-bond acceptors (Lipinski definition) is 6. The van der Waals surface area contributed by atoms with Crippen molar-refractivity contribution in [3.05, 3.63) is 58.9 Å². The molecule has 0 saturated heterocycles. The number of aromatic nitrogens is 1. The Bertz CT molecular complexity index is 904.